The van der Waals surface area contributed by atoms with Gasteiger partial charge in [-0.15, -0.1) is 11.3 Å². The molecule has 4 heterocycles. The first-order valence-corrected chi connectivity index (χ1v) is 8.85. The molecule has 0 radical (unpaired) electrons. The number of carboxylic acids is 1. The average Bonchev–Trinajstić information content (AvgIpc) is 3.13. The summed E-state index contributed by atoms with van der Waals surface area (Å²) in [6.07, 6.45) is 1.57. The Kier molecular flexibility index (Phi) is 3.70. The summed E-state index contributed by atoms with van der Waals surface area (Å²) in [7, 11) is 0. The molecule has 2 aromatic heterocycles. The first-order chi connectivity index (χ1) is 11.5. The zero-order chi connectivity index (χ0) is 16.9. The minimum Gasteiger partial charge on any atom is -0.477 e. The molecule has 0 unspecified atom stereocenters. The second kappa shape index (κ2) is 5.65. The van der Waals surface area contributed by atoms with Gasteiger partial charge in [-0.05, 0) is 19.4 Å². The van der Waals surface area contributed by atoms with Crippen molar-refractivity contribution in [2.75, 3.05) is 31.2 Å². The molecule has 0 aliphatic carbocycles. The standard InChI is InChI=1S/C16H19N3O4S/c1-9-11-13(17-10(2)18-14(11)24-12(9)15(20)21)19-5-3-16(4-6-19)22-7-8-23-16/h3-8H2,1-2H3,(H,20,21). The quantitative estimate of drug-likeness (QED) is 0.891. The number of anilines is 1. The molecule has 1 N–H and O–H groups in total. The van der Waals surface area contributed by atoms with Crippen LogP contribution in [-0.4, -0.2) is 53.1 Å². The van der Waals surface area contributed by atoms with E-state index in [0.717, 1.165) is 47.5 Å². The number of fused-ring (bicyclic) bond motifs is 1. The predicted molar refractivity (Wildman–Crippen MR) is 89.9 cm³/mol. The van der Waals surface area contributed by atoms with Crippen molar-refractivity contribution in [1.29, 1.82) is 0 Å². The van der Waals surface area contributed by atoms with Crippen LogP contribution in [0.15, 0.2) is 0 Å². The smallest absolute Gasteiger partial charge is 0.346 e. The molecule has 1 spiro atoms. The van der Waals surface area contributed by atoms with Crippen LogP contribution in [0.3, 0.4) is 0 Å². The molecule has 4 rings (SSSR count). The number of thiophene rings is 1. The zero-order valence-corrected chi connectivity index (χ0v) is 14.5. The first-order valence-electron chi connectivity index (χ1n) is 8.03. The lowest BCUT2D eigenvalue weighted by atomic mass is 10.0. The molecule has 0 bridgehead atoms. The number of aromatic nitrogens is 2. The lowest BCUT2D eigenvalue weighted by molar-refractivity contribution is -0.169. The van der Waals surface area contributed by atoms with Crippen LogP contribution >= 0.6 is 11.3 Å². The van der Waals surface area contributed by atoms with Gasteiger partial charge in [0, 0.05) is 25.9 Å². The van der Waals surface area contributed by atoms with Crippen LogP contribution in [0.1, 0.15) is 33.9 Å². The number of nitrogens with zero attached hydrogens (tertiary/aromatic N) is 3. The summed E-state index contributed by atoms with van der Waals surface area (Å²) in [4.78, 5) is 23.8. The molecule has 128 valence electrons. The van der Waals surface area contributed by atoms with E-state index in [1.165, 1.54) is 11.3 Å². The van der Waals surface area contributed by atoms with Crippen LogP contribution in [0, 0.1) is 13.8 Å². The van der Waals surface area contributed by atoms with Gasteiger partial charge in [0.15, 0.2) is 5.79 Å². The number of piperidine rings is 1. The van der Waals surface area contributed by atoms with Crippen LogP contribution in [0.2, 0.25) is 0 Å². The van der Waals surface area contributed by atoms with Gasteiger partial charge in [-0.25, -0.2) is 14.8 Å². The summed E-state index contributed by atoms with van der Waals surface area (Å²) in [5.41, 5.74) is 0.742. The molecule has 0 saturated carbocycles. The van der Waals surface area contributed by atoms with E-state index in [1.54, 1.807) is 0 Å². The monoisotopic (exact) mass is 349 g/mol. The van der Waals surface area contributed by atoms with Gasteiger partial charge >= 0.3 is 5.97 Å². The summed E-state index contributed by atoms with van der Waals surface area (Å²) in [6.45, 7) is 6.52. The van der Waals surface area contributed by atoms with Crippen molar-refractivity contribution in [3.63, 3.8) is 0 Å². The number of carbonyl (C=O) groups is 1. The Morgan fingerprint density at radius 1 is 1.21 bits per heavy atom. The Bertz CT molecular complexity index is 803. The van der Waals surface area contributed by atoms with Gasteiger partial charge in [-0.1, -0.05) is 0 Å². The highest BCUT2D eigenvalue weighted by Crippen LogP contribution is 2.38. The maximum absolute atomic E-state index is 11.4. The fourth-order valence-electron chi connectivity index (χ4n) is 3.50. The minimum atomic E-state index is -0.913. The van der Waals surface area contributed by atoms with E-state index >= 15 is 0 Å². The third-order valence-corrected chi connectivity index (χ3v) is 5.89. The molecule has 2 saturated heterocycles. The molecule has 24 heavy (non-hydrogen) atoms. The molecule has 2 aromatic rings. The van der Waals surface area contributed by atoms with E-state index in [-0.39, 0.29) is 0 Å². The van der Waals surface area contributed by atoms with Crippen molar-refractivity contribution in [2.45, 2.75) is 32.5 Å². The molecule has 0 atom stereocenters. The average molecular weight is 349 g/mol. The van der Waals surface area contributed by atoms with Gasteiger partial charge in [0.25, 0.3) is 0 Å². The molecular formula is C16H19N3O4S. The van der Waals surface area contributed by atoms with Crippen molar-refractivity contribution in [1.82, 2.24) is 9.97 Å². The van der Waals surface area contributed by atoms with Crippen LogP contribution < -0.4 is 4.90 Å². The molecule has 2 aliphatic heterocycles. The highest BCUT2D eigenvalue weighted by Gasteiger charge is 2.40. The zero-order valence-electron chi connectivity index (χ0n) is 13.7. The first kappa shape index (κ1) is 15.7. The van der Waals surface area contributed by atoms with Gasteiger partial charge in [-0.3, -0.25) is 0 Å². The molecular weight excluding hydrogens is 330 g/mol. The van der Waals surface area contributed by atoms with Crippen LogP contribution in [-0.2, 0) is 9.47 Å². The van der Waals surface area contributed by atoms with Crippen molar-refractivity contribution in [2.24, 2.45) is 0 Å². The molecule has 8 heteroatoms. The topological polar surface area (TPSA) is 84.8 Å². The second-order valence-corrected chi connectivity index (χ2v) is 7.23. The Labute approximate surface area is 143 Å². The predicted octanol–water partition coefficient (Wildman–Crippen LogP) is 2.35. The number of rotatable bonds is 2. The van der Waals surface area contributed by atoms with E-state index in [2.05, 4.69) is 14.9 Å². The maximum atomic E-state index is 11.4. The van der Waals surface area contributed by atoms with Crippen molar-refractivity contribution in [3.8, 4) is 0 Å². The maximum Gasteiger partial charge on any atom is 0.346 e. The van der Waals surface area contributed by atoms with Crippen LogP contribution in [0.5, 0.6) is 0 Å². The minimum absolute atomic E-state index is 0.335. The number of aromatic carboxylic acids is 1. The van der Waals surface area contributed by atoms with Gasteiger partial charge in [0.2, 0.25) is 0 Å². The summed E-state index contributed by atoms with van der Waals surface area (Å²) in [5, 5.41) is 10.2. The van der Waals surface area contributed by atoms with Gasteiger partial charge < -0.3 is 19.5 Å². The normalized spacial score (nSPS) is 20.2. The largest absolute Gasteiger partial charge is 0.477 e. The fraction of sp³-hybridized carbons (Fsp3) is 0.562. The second-order valence-electron chi connectivity index (χ2n) is 6.23. The highest BCUT2D eigenvalue weighted by atomic mass is 32.1. The summed E-state index contributed by atoms with van der Waals surface area (Å²) < 4.78 is 11.6. The Balaban J connectivity index is 1.72. The molecule has 0 aromatic carbocycles. The Morgan fingerprint density at radius 2 is 1.88 bits per heavy atom. The molecule has 7 nitrogen and oxygen atoms in total. The van der Waals surface area contributed by atoms with E-state index in [0.29, 0.717) is 23.9 Å². The van der Waals surface area contributed by atoms with Crippen molar-refractivity contribution >= 4 is 33.3 Å². The lowest BCUT2D eigenvalue weighted by Gasteiger charge is -2.38. The SMILES string of the molecule is Cc1nc(N2CCC3(CC2)OCCO3)c2c(C)c(C(=O)O)sc2n1. The summed E-state index contributed by atoms with van der Waals surface area (Å²) in [5.74, 6) is 0.133. The Hall–Kier alpha value is -1.77. The summed E-state index contributed by atoms with van der Waals surface area (Å²) in [6, 6.07) is 0. The van der Waals surface area contributed by atoms with Crippen molar-refractivity contribution < 1.29 is 19.4 Å². The van der Waals surface area contributed by atoms with Gasteiger partial charge in [0.1, 0.15) is 21.3 Å². The third kappa shape index (κ3) is 2.45. The van der Waals surface area contributed by atoms with Crippen LogP contribution in [0.25, 0.3) is 10.2 Å². The van der Waals surface area contributed by atoms with Gasteiger partial charge in [-0.2, -0.15) is 0 Å². The van der Waals surface area contributed by atoms with E-state index in [1.807, 2.05) is 13.8 Å². The van der Waals surface area contributed by atoms with Crippen LogP contribution in [0.4, 0.5) is 5.82 Å². The number of hydrogen-bond donors (Lipinski definition) is 1. The summed E-state index contributed by atoms with van der Waals surface area (Å²) >= 11 is 1.22. The molecule has 2 aliphatic rings. The number of carboxylic acid groups (broad SMARTS) is 1. The van der Waals surface area contributed by atoms with E-state index in [9.17, 15) is 9.90 Å². The molecule has 0 amide bonds. The van der Waals surface area contributed by atoms with E-state index < -0.39 is 11.8 Å². The third-order valence-electron chi connectivity index (χ3n) is 4.72. The Morgan fingerprint density at radius 3 is 2.50 bits per heavy atom. The number of ether oxygens (including phenoxy) is 2. The fourth-order valence-corrected chi connectivity index (χ4v) is 4.56. The molecule has 2 fully saturated rings. The lowest BCUT2D eigenvalue weighted by Crippen LogP contribution is -2.45. The number of hydrogen-bond acceptors (Lipinski definition) is 7. The van der Waals surface area contributed by atoms with Gasteiger partial charge in [0.05, 0.1) is 18.6 Å². The van der Waals surface area contributed by atoms with Crippen molar-refractivity contribution in [3.05, 3.63) is 16.3 Å². The highest BCUT2D eigenvalue weighted by molar-refractivity contribution is 7.20. The van der Waals surface area contributed by atoms with E-state index in [4.69, 9.17) is 9.47 Å². The number of aryl methyl sites for hydroxylation is 2.